The lowest BCUT2D eigenvalue weighted by Gasteiger charge is -2.03. The lowest BCUT2D eigenvalue weighted by molar-refractivity contribution is 0.600. The van der Waals surface area contributed by atoms with Gasteiger partial charge in [0.05, 0.1) is 0 Å². The van der Waals surface area contributed by atoms with E-state index in [0.717, 1.165) is 22.5 Å². The molecule has 0 amide bonds. The van der Waals surface area contributed by atoms with Crippen LogP contribution in [0.2, 0.25) is 0 Å². The molecule has 0 radical (unpaired) electrons. The molecule has 0 saturated carbocycles. The van der Waals surface area contributed by atoms with Crippen LogP contribution in [0.3, 0.4) is 0 Å². The van der Waals surface area contributed by atoms with Crippen molar-refractivity contribution in [1.29, 1.82) is 0 Å². The van der Waals surface area contributed by atoms with Crippen molar-refractivity contribution in [3.8, 4) is 11.1 Å². The summed E-state index contributed by atoms with van der Waals surface area (Å²) in [6, 6.07) is 9.46. The summed E-state index contributed by atoms with van der Waals surface area (Å²) in [5.74, 6) is 0. The van der Waals surface area contributed by atoms with Gasteiger partial charge < -0.3 is 0 Å². The van der Waals surface area contributed by atoms with Gasteiger partial charge >= 0.3 is 0 Å². The number of benzene rings is 1. The van der Waals surface area contributed by atoms with Crippen molar-refractivity contribution in [2.24, 2.45) is 5.14 Å². The van der Waals surface area contributed by atoms with Crippen molar-refractivity contribution in [2.75, 3.05) is 0 Å². The number of thiophene rings is 1. The molecule has 0 aliphatic heterocycles. The minimum atomic E-state index is -3.63. The van der Waals surface area contributed by atoms with Gasteiger partial charge in [-0.05, 0) is 23.9 Å². The molecule has 0 spiro atoms. The van der Waals surface area contributed by atoms with Crippen molar-refractivity contribution in [1.82, 2.24) is 0 Å². The van der Waals surface area contributed by atoms with Crippen LogP contribution < -0.4 is 5.14 Å². The molecule has 84 valence electrons. The summed E-state index contributed by atoms with van der Waals surface area (Å²) >= 11 is 1.14. The Labute approximate surface area is 98.6 Å². The minimum Gasteiger partial charge on any atom is -0.224 e. The first-order chi connectivity index (χ1) is 7.48. The molecule has 0 saturated heterocycles. The zero-order chi connectivity index (χ0) is 11.8. The fourth-order valence-electron chi connectivity index (χ4n) is 1.54. The topological polar surface area (TPSA) is 60.2 Å². The standard InChI is InChI=1S/C11H11NO2S2/c1-8-3-2-4-9(7-8)10-5-6-15-11(10)16(12,13)14/h2-7H,1H3,(H2,12,13,14). The molecule has 0 aliphatic carbocycles. The number of hydrogen-bond donors (Lipinski definition) is 1. The molecule has 1 heterocycles. The van der Waals surface area contributed by atoms with Crippen LogP contribution in [-0.4, -0.2) is 8.42 Å². The number of rotatable bonds is 2. The van der Waals surface area contributed by atoms with Crippen LogP contribution in [0.4, 0.5) is 0 Å². The van der Waals surface area contributed by atoms with E-state index in [1.54, 1.807) is 11.4 Å². The van der Waals surface area contributed by atoms with Gasteiger partial charge in [0.15, 0.2) is 0 Å². The molecule has 0 aliphatic rings. The predicted octanol–water partition coefficient (Wildman–Crippen LogP) is 2.37. The summed E-state index contributed by atoms with van der Waals surface area (Å²) in [7, 11) is -3.63. The number of sulfonamides is 1. The SMILES string of the molecule is Cc1cccc(-c2ccsc2S(N)(=O)=O)c1. The highest BCUT2D eigenvalue weighted by Gasteiger charge is 2.16. The smallest absolute Gasteiger partial charge is 0.224 e. The zero-order valence-electron chi connectivity index (χ0n) is 8.67. The summed E-state index contributed by atoms with van der Waals surface area (Å²) < 4.78 is 22.9. The van der Waals surface area contributed by atoms with E-state index in [2.05, 4.69) is 0 Å². The second-order valence-corrected chi connectivity index (χ2v) is 6.21. The Bertz CT molecular complexity index is 614. The first-order valence-electron chi connectivity index (χ1n) is 4.66. The third-order valence-electron chi connectivity index (χ3n) is 2.22. The van der Waals surface area contributed by atoms with Crippen LogP contribution in [-0.2, 0) is 10.0 Å². The maximum Gasteiger partial charge on any atom is 0.248 e. The Hall–Kier alpha value is -1.17. The highest BCUT2D eigenvalue weighted by atomic mass is 32.2. The lowest BCUT2D eigenvalue weighted by atomic mass is 10.1. The van der Waals surface area contributed by atoms with Crippen molar-refractivity contribution in [3.63, 3.8) is 0 Å². The van der Waals surface area contributed by atoms with Gasteiger partial charge in [0.25, 0.3) is 0 Å². The molecule has 1 aromatic heterocycles. The maximum absolute atomic E-state index is 11.4. The fourth-order valence-corrected chi connectivity index (χ4v) is 3.38. The highest BCUT2D eigenvalue weighted by molar-refractivity contribution is 7.91. The Morgan fingerprint density at radius 1 is 1.25 bits per heavy atom. The Morgan fingerprint density at radius 3 is 2.62 bits per heavy atom. The third kappa shape index (κ3) is 2.16. The molecule has 5 heteroatoms. The molecular formula is C11H11NO2S2. The second kappa shape index (κ2) is 4.01. The van der Waals surface area contributed by atoms with E-state index in [1.807, 2.05) is 31.2 Å². The number of aryl methyl sites for hydroxylation is 1. The van der Waals surface area contributed by atoms with Crippen LogP contribution in [0.5, 0.6) is 0 Å². The van der Waals surface area contributed by atoms with Gasteiger partial charge in [0, 0.05) is 5.56 Å². The molecule has 1 aromatic carbocycles. The Kier molecular flexibility index (Phi) is 2.84. The Balaban J connectivity index is 2.62. The first kappa shape index (κ1) is 11.3. The normalized spacial score (nSPS) is 11.6. The van der Waals surface area contributed by atoms with Crippen molar-refractivity contribution < 1.29 is 8.42 Å². The van der Waals surface area contributed by atoms with Crippen molar-refractivity contribution in [3.05, 3.63) is 41.3 Å². The molecule has 2 N–H and O–H groups in total. The fraction of sp³-hybridized carbons (Fsp3) is 0.0909. The monoisotopic (exact) mass is 253 g/mol. The van der Waals surface area contributed by atoms with Crippen LogP contribution in [0.25, 0.3) is 11.1 Å². The average Bonchev–Trinajstić information content (AvgIpc) is 2.65. The molecule has 0 atom stereocenters. The summed E-state index contributed by atoms with van der Waals surface area (Å²) in [6.45, 7) is 1.96. The quantitative estimate of drug-likeness (QED) is 0.893. The highest BCUT2D eigenvalue weighted by Crippen LogP contribution is 2.31. The van der Waals surface area contributed by atoms with E-state index >= 15 is 0 Å². The van der Waals surface area contributed by atoms with Gasteiger partial charge in [-0.3, -0.25) is 0 Å². The molecule has 2 aromatic rings. The molecular weight excluding hydrogens is 242 g/mol. The Morgan fingerprint density at radius 2 is 2.00 bits per heavy atom. The van der Waals surface area contributed by atoms with Crippen molar-refractivity contribution >= 4 is 21.4 Å². The van der Waals surface area contributed by atoms with Gasteiger partial charge in [0.1, 0.15) is 4.21 Å². The van der Waals surface area contributed by atoms with Gasteiger partial charge in [-0.15, -0.1) is 11.3 Å². The molecule has 3 nitrogen and oxygen atoms in total. The van der Waals surface area contributed by atoms with Crippen LogP contribution in [0, 0.1) is 6.92 Å². The third-order valence-corrected chi connectivity index (χ3v) is 4.65. The number of hydrogen-bond acceptors (Lipinski definition) is 3. The number of nitrogens with two attached hydrogens (primary N) is 1. The van der Waals surface area contributed by atoms with Crippen LogP contribution in [0.1, 0.15) is 5.56 Å². The summed E-state index contributed by atoms with van der Waals surface area (Å²) in [4.78, 5) is 0. The van der Waals surface area contributed by atoms with Gasteiger partial charge in [-0.25, -0.2) is 13.6 Å². The summed E-state index contributed by atoms with van der Waals surface area (Å²) in [5.41, 5.74) is 2.64. The van der Waals surface area contributed by atoms with Crippen LogP contribution >= 0.6 is 11.3 Å². The second-order valence-electron chi connectivity index (χ2n) is 3.54. The maximum atomic E-state index is 11.4. The van der Waals surface area contributed by atoms with E-state index < -0.39 is 10.0 Å². The van der Waals surface area contributed by atoms with E-state index in [-0.39, 0.29) is 4.21 Å². The van der Waals surface area contributed by atoms with E-state index in [9.17, 15) is 8.42 Å². The van der Waals surface area contributed by atoms with Gasteiger partial charge in [-0.2, -0.15) is 0 Å². The number of primary sulfonamides is 1. The largest absolute Gasteiger partial charge is 0.248 e. The molecule has 0 bridgehead atoms. The molecule has 2 rings (SSSR count). The predicted molar refractivity (Wildman–Crippen MR) is 65.9 cm³/mol. The average molecular weight is 253 g/mol. The van der Waals surface area contributed by atoms with Gasteiger partial charge in [-0.1, -0.05) is 29.8 Å². The van der Waals surface area contributed by atoms with Gasteiger partial charge in [0.2, 0.25) is 10.0 Å². The van der Waals surface area contributed by atoms with Crippen molar-refractivity contribution in [2.45, 2.75) is 11.1 Å². The zero-order valence-corrected chi connectivity index (χ0v) is 10.3. The lowest BCUT2D eigenvalue weighted by Crippen LogP contribution is -2.11. The first-order valence-corrected chi connectivity index (χ1v) is 7.08. The molecule has 16 heavy (non-hydrogen) atoms. The summed E-state index contributed by atoms with van der Waals surface area (Å²) in [6.07, 6.45) is 0. The molecule has 0 unspecified atom stereocenters. The van der Waals surface area contributed by atoms with E-state index in [0.29, 0.717) is 5.56 Å². The van der Waals surface area contributed by atoms with E-state index in [4.69, 9.17) is 5.14 Å². The van der Waals surface area contributed by atoms with E-state index in [1.165, 1.54) is 0 Å². The summed E-state index contributed by atoms with van der Waals surface area (Å²) in [5, 5.41) is 6.89. The van der Waals surface area contributed by atoms with Crippen LogP contribution in [0.15, 0.2) is 39.9 Å². The molecule has 0 fully saturated rings. The minimum absolute atomic E-state index is 0.220.